The molecule has 0 amide bonds. The molecule has 1 aliphatic rings. The molecule has 206 valence electrons. The smallest absolute Gasteiger partial charge is 0.373 e. The van der Waals surface area contributed by atoms with Crippen molar-refractivity contribution in [2.75, 3.05) is 19.8 Å². The Kier molecular flexibility index (Phi) is 9.33. The number of halogens is 6. The van der Waals surface area contributed by atoms with Gasteiger partial charge in [0.05, 0.1) is 13.2 Å². The Bertz CT molecular complexity index is 1210. The molecule has 4 rings (SSSR count). The van der Waals surface area contributed by atoms with E-state index in [9.17, 15) is 22.0 Å². The van der Waals surface area contributed by atoms with Crippen LogP contribution < -0.4 is 0 Å². The van der Waals surface area contributed by atoms with E-state index < -0.39 is 29.2 Å². The lowest BCUT2D eigenvalue weighted by Crippen LogP contribution is -2.37. The summed E-state index contributed by atoms with van der Waals surface area (Å²) in [4.78, 5) is 0. The Balaban J connectivity index is 1.34. The molecule has 0 atom stereocenters. The zero-order valence-corrected chi connectivity index (χ0v) is 21.1. The largest absolute Gasteiger partial charge is 0.422 e. The molecule has 0 saturated carbocycles. The average Bonchev–Trinajstić information content (AvgIpc) is 2.87. The van der Waals surface area contributed by atoms with E-state index in [1.54, 1.807) is 18.2 Å². The second-order valence-electron chi connectivity index (χ2n) is 9.51. The fourth-order valence-corrected chi connectivity index (χ4v) is 4.52. The molecule has 0 spiro atoms. The average molecular weight is 541 g/mol. The minimum Gasteiger partial charge on any atom is -0.373 e. The molecule has 1 aliphatic heterocycles. The maximum atomic E-state index is 15.2. The normalized spacial score (nSPS) is 18.3. The molecule has 0 bridgehead atoms. The van der Waals surface area contributed by atoms with Gasteiger partial charge >= 0.3 is 6.18 Å². The number of aryl methyl sites for hydroxylation is 3. The van der Waals surface area contributed by atoms with Crippen LogP contribution in [0.4, 0.5) is 26.3 Å². The third-order valence-electron chi connectivity index (χ3n) is 6.62. The SMILES string of the molecule is CCCCOC1COC(CCc2ccc3c(F)c(CCc4cc(F)c(C(F)(F)F)c(F)c4)ccc3c2)OC1. The molecule has 0 radical (unpaired) electrons. The van der Waals surface area contributed by atoms with Gasteiger partial charge in [0.25, 0.3) is 0 Å². The summed E-state index contributed by atoms with van der Waals surface area (Å²) in [6.45, 7) is 3.78. The summed E-state index contributed by atoms with van der Waals surface area (Å²) in [7, 11) is 0. The van der Waals surface area contributed by atoms with Gasteiger partial charge in [0.15, 0.2) is 6.29 Å². The summed E-state index contributed by atoms with van der Waals surface area (Å²) in [6, 6.07) is 10.0. The number of rotatable bonds is 10. The molecule has 1 saturated heterocycles. The van der Waals surface area contributed by atoms with Gasteiger partial charge in [0.1, 0.15) is 29.1 Å². The number of fused-ring (bicyclic) bond motifs is 1. The number of hydrogen-bond acceptors (Lipinski definition) is 3. The van der Waals surface area contributed by atoms with Crippen LogP contribution in [-0.2, 0) is 39.6 Å². The van der Waals surface area contributed by atoms with Gasteiger partial charge in [-0.3, -0.25) is 0 Å². The van der Waals surface area contributed by atoms with E-state index in [0.29, 0.717) is 61.1 Å². The minimum absolute atomic E-state index is 0.0155. The van der Waals surface area contributed by atoms with E-state index >= 15 is 4.39 Å². The highest BCUT2D eigenvalue weighted by Crippen LogP contribution is 2.34. The van der Waals surface area contributed by atoms with E-state index in [-0.39, 0.29) is 30.8 Å². The van der Waals surface area contributed by atoms with Gasteiger partial charge in [-0.1, -0.05) is 43.7 Å². The molecule has 3 aromatic carbocycles. The van der Waals surface area contributed by atoms with E-state index in [2.05, 4.69) is 6.92 Å². The summed E-state index contributed by atoms with van der Waals surface area (Å²) in [5, 5.41) is 1.10. The first-order valence-electron chi connectivity index (χ1n) is 12.8. The lowest BCUT2D eigenvalue weighted by molar-refractivity contribution is -0.227. The molecular weight excluding hydrogens is 510 g/mol. The first kappa shape index (κ1) is 28.4. The predicted molar refractivity (Wildman–Crippen MR) is 131 cm³/mol. The molecule has 0 unspecified atom stereocenters. The van der Waals surface area contributed by atoms with Gasteiger partial charge in [-0.2, -0.15) is 13.2 Å². The summed E-state index contributed by atoms with van der Waals surface area (Å²) >= 11 is 0. The van der Waals surface area contributed by atoms with Crippen LogP contribution in [0.25, 0.3) is 10.8 Å². The predicted octanol–water partition coefficient (Wildman–Crippen LogP) is 7.55. The molecule has 1 fully saturated rings. The van der Waals surface area contributed by atoms with Crippen molar-refractivity contribution in [2.24, 2.45) is 0 Å². The standard InChI is InChI=1S/C29H30F6O3/c1-2-3-12-36-22-16-37-26(38-17-22)11-6-18-5-10-23-21(13-18)9-8-20(28(23)32)7-4-19-14-24(30)27(25(31)15-19)29(33,34)35/h5,8-10,13-15,22,26H,2-4,6-7,11-12,16-17H2,1H3. The Morgan fingerprint density at radius 1 is 0.868 bits per heavy atom. The quantitative estimate of drug-likeness (QED) is 0.196. The highest BCUT2D eigenvalue weighted by atomic mass is 19.4. The van der Waals surface area contributed by atoms with Gasteiger partial charge in [-0.05, 0) is 59.9 Å². The molecule has 38 heavy (non-hydrogen) atoms. The van der Waals surface area contributed by atoms with Crippen LogP contribution in [0.1, 0.15) is 48.4 Å². The first-order chi connectivity index (χ1) is 18.2. The van der Waals surface area contributed by atoms with E-state index in [4.69, 9.17) is 14.2 Å². The van der Waals surface area contributed by atoms with Crippen molar-refractivity contribution in [3.8, 4) is 0 Å². The summed E-state index contributed by atoms with van der Waals surface area (Å²) in [6.07, 6.45) is -2.04. The van der Waals surface area contributed by atoms with Gasteiger partial charge in [-0.25, -0.2) is 13.2 Å². The third-order valence-corrected chi connectivity index (χ3v) is 6.62. The maximum absolute atomic E-state index is 15.2. The number of benzene rings is 3. The van der Waals surface area contributed by atoms with Crippen LogP contribution in [0.15, 0.2) is 42.5 Å². The van der Waals surface area contributed by atoms with Gasteiger partial charge in [0, 0.05) is 18.4 Å². The fourth-order valence-electron chi connectivity index (χ4n) is 4.52. The van der Waals surface area contributed by atoms with Gasteiger partial charge in [-0.15, -0.1) is 0 Å². The highest BCUT2D eigenvalue weighted by Gasteiger charge is 2.37. The van der Waals surface area contributed by atoms with Crippen molar-refractivity contribution < 1.29 is 40.6 Å². The third kappa shape index (κ3) is 7.07. The van der Waals surface area contributed by atoms with E-state index in [1.807, 2.05) is 12.1 Å². The molecule has 0 aliphatic carbocycles. The fraction of sp³-hybridized carbons (Fsp3) is 0.448. The second-order valence-corrected chi connectivity index (χ2v) is 9.51. The van der Waals surface area contributed by atoms with Gasteiger partial charge in [0.2, 0.25) is 0 Å². The van der Waals surface area contributed by atoms with Crippen LogP contribution in [0.5, 0.6) is 0 Å². The zero-order valence-electron chi connectivity index (χ0n) is 21.1. The van der Waals surface area contributed by atoms with Crippen LogP contribution in [0, 0.1) is 17.5 Å². The topological polar surface area (TPSA) is 27.7 Å². The summed E-state index contributed by atoms with van der Waals surface area (Å²) in [5.41, 5.74) is -0.593. The Labute approximate surface area is 217 Å². The lowest BCUT2D eigenvalue weighted by atomic mass is 9.97. The Morgan fingerprint density at radius 3 is 2.24 bits per heavy atom. The van der Waals surface area contributed by atoms with Crippen molar-refractivity contribution in [2.45, 2.75) is 64.0 Å². The first-order valence-corrected chi connectivity index (χ1v) is 12.8. The summed E-state index contributed by atoms with van der Waals surface area (Å²) in [5.74, 6) is -3.82. The monoisotopic (exact) mass is 540 g/mol. The zero-order chi connectivity index (χ0) is 27.3. The highest BCUT2D eigenvalue weighted by molar-refractivity contribution is 5.84. The van der Waals surface area contributed by atoms with Crippen molar-refractivity contribution in [3.63, 3.8) is 0 Å². The Morgan fingerprint density at radius 2 is 1.58 bits per heavy atom. The molecule has 1 heterocycles. The van der Waals surface area contributed by atoms with Gasteiger partial charge < -0.3 is 14.2 Å². The van der Waals surface area contributed by atoms with Crippen LogP contribution in [0.2, 0.25) is 0 Å². The van der Waals surface area contributed by atoms with Crippen molar-refractivity contribution in [3.05, 3.63) is 82.2 Å². The van der Waals surface area contributed by atoms with E-state index in [1.165, 1.54) is 0 Å². The lowest BCUT2D eigenvalue weighted by Gasteiger charge is -2.29. The molecule has 3 aromatic rings. The summed E-state index contributed by atoms with van der Waals surface area (Å²) < 4.78 is 98.4. The number of hydrogen-bond donors (Lipinski definition) is 0. The van der Waals surface area contributed by atoms with Crippen LogP contribution >= 0.6 is 0 Å². The van der Waals surface area contributed by atoms with Crippen LogP contribution in [0.3, 0.4) is 0 Å². The number of alkyl halides is 3. The number of unbranched alkanes of at least 4 members (excludes halogenated alkanes) is 1. The van der Waals surface area contributed by atoms with Crippen molar-refractivity contribution in [1.82, 2.24) is 0 Å². The number of ether oxygens (including phenoxy) is 3. The maximum Gasteiger partial charge on any atom is 0.422 e. The molecule has 3 nitrogen and oxygen atoms in total. The van der Waals surface area contributed by atoms with Crippen LogP contribution in [-0.4, -0.2) is 32.2 Å². The Hall–Kier alpha value is -2.62. The van der Waals surface area contributed by atoms with E-state index in [0.717, 1.165) is 18.4 Å². The second kappa shape index (κ2) is 12.5. The molecular formula is C29H30F6O3. The molecule has 0 aromatic heterocycles. The molecule has 9 heteroatoms. The van der Waals surface area contributed by atoms with Crippen molar-refractivity contribution in [1.29, 1.82) is 0 Å². The molecule has 0 N–H and O–H groups in total. The van der Waals surface area contributed by atoms with Crippen molar-refractivity contribution >= 4 is 10.8 Å². The minimum atomic E-state index is -5.13.